The van der Waals surface area contributed by atoms with E-state index in [-0.39, 0.29) is 89.3 Å². The third kappa shape index (κ3) is 77.7. The van der Waals surface area contributed by atoms with E-state index in [1.807, 2.05) is 0 Å². The second-order valence-electron chi connectivity index (χ2n) is 0.402. The minimum atomic E-state index is -0.833. The number of primary amides is 2. The van der Waals surface area contributed by atoms with E-state index in [4.69, 9.17) is 4.79 Å². The van der Waals surface area contributed by atoms with Crippen molar-refractivity contribution in [1.82, 2.24) is 0 Å². The van der Waals surface area contributed by atoms with Crippen LogP contribution in [0.15, 0.2) is 0 Å². The fourth-order valence-electron chi connectivity index (χ4n) is 0. The number of hydrogen-bond acceptors (Lipinski definition) is 1. The van der Waals surface area contributed by atoms with Crippen LogP contribution in [-0.4, -0.2) is 11.5 Å². The average Bonchev–Trinajstić information content (AvgIpc) is 0.811. The largest absolute Gasteiger partial charge is 1.00 e. The molecule has 0 aliphatic heterocycles. The molecule has 6 N–H and O–H groups in total. The molecule has 0 aromatic carbocycles. The SMILES string of the molecule is NC(N)=O.O.[H-].[H-].[K+].[Na+]. The molecule has 0 unspecified atom stereocenters. The second kappa shape index (κ2) is 15.7. The van der Waals surface area contributed by atoms with Crippen molar-refractivity contribution in [3.8, 4) is 0 Å². The van der Waals surface area contributed by atoms with E-state index in [0.717, 1.165) is 0 Å². The van der Waals surface area contributed by atoms with Crippen molar-refractivity contribution < 1.29 is 94.1 Å². The van der Waals surface area contributed by atoms with Crippen molar-refractivity contribution in [2.75, 3.05) is 0 Å². The molecule has 0 bridgehead atoms. The molecule has 0 saturated heterocycles. The third-order valence-corrected chi connectivity index (χ3v) is 0. The van der Waals surface area contributed by atoms with Gasteiger partial charge in [0, 0.05) is 0 Å². The summed E-state index contributed by atoms with van der Waals surface area (Å²) in [7, 11) is 0. The molecule has 0 fully saturated rings. The van der Waals surface area contributed by atoms with Crippen molar-refractivity contribution in [2.45, 2.75) is 0 Å². The molecule has 0 saturated carbocycles. The molecule has 7 heavy (non-hydrogen) atoms. The molecule has 4 nitrogen and oxygen atoms in total. The maximum absolute atomic E-state index is 9.00. The van der Waals surface area contributed by atoms with Gasteiger partial charge in [-0.3, -0.25) is 0 Å². The molecular weight excluding hydrogens is 134 g/mol. The first-order chi connectivity index (χ1) is 1.73. The van der Waals surface area contributed by atoms with Gasteiger partial charge in [-0.15, -0.1) is 0 Å². The maximum Gasteiger partial charge on any atom is 1.00 e. The van der Waals surface area contributed by atoms with Crippen LogP contribution in [0.5, 0.6) is 0 Å². The van der Waals surface area contributed by atoms with E-state index < -0.39 is 6.03 Å². The van der Waals surface area contributed by atoms with Gasteiger partial charge in [-0.2, -0.15) is 0 Å². The van der Waals surface area contributed by atoms with Crippen LogP contribution < -0.4 is 92.4 Å². The van der Waals surface area contributed by atoms with Crippen molar-refractivity contribution in [1.29, 1.82) is 0 Å². The zero-order chi connectivity index (χ0) is 3.58. The summed E-state index contributed by atoms with van der Waals surface area (Å²) < 4.78 is 0. The van der Waals surface area contributed by atoms with Gasteiger partial charge in [-0.1, -0.05) is 0 Å². The summed E-state index contributed by atoms with van der Waals surface area (Å²) in [6.07, 6.45) is 0. The zero-order valence-corrected chi connectivity index (χ0v) is 9.69. The van der Waals surface area contributed by atoms with Gasteiger partial charge in [0.15, 0.2) is 0 Å². The normalized spacial score (nSPS) is 3.43. The molecular formula is CH8KN2NaO2. The van der Waals surface area contributed by atoms with E-state index in [0.29, 0.717) is 0 Å². The van der Waals surface area contributed by atoms with Crippen LogP contribution in [0.2, 0.25) is 0 Å². The summed E-state index contributed by atoms with van der Waals surface area (Å²) in [4.78, 5) is 9.00. The molecule has 0 aromatic heterocycles. The Bertz CT molecular complexity index is 45.5. The minimum Gasteiger partial charge on any atom is -1.00 e. The van der Waals surface area contributed by atoms with Gasteiger partial charge in [0.2, 0.25) is 0 Å². The van der Waals surface area contributed by atoms with Gasteiger partial charge in [0.05, 0.1) is 0 Å². The van der Waals surface area contributed by atoms with E-state index in [2.05, 4.69) is 11.5 Å². The van der Waals surface area contributed by atoms with Crippen molar-refractivity contribution >= 4 is 6.03 Å². The predicted octanol–water partition coefficient (Wildman–Crippen LogP) is -7.57. The Balaban J connectivity index is -0.00000000450. The van der Waals surface area contributed by atoms with Gasteiger partial charge in [-0.05, 0) is 0 Å². The molecule has 0 spiro atoms. The predicted molar refractivity (Wildman–Crippen MR) is 19.6 cm³/mol. The topological polar surface area (TPSA) is 101 Å². The number of urea groups is 1. The Morgan fingerprint density at radius 2 is 1.43 bits per heavy atom. The molecule has 36 valence electrons. The number of amides is 2. The number of hydrogen-bond donors (Lipinski definition) is 2. The Morgan fingerprint density at radius 1 is 1.43 bits per heavy atom. The van der Waals surface area contributed by atoms with Crippen LogP contribution in [0.3, 0.4) is 0 Å². The van der Waals surface area contributed by atoms with Crippen LogP contribution in [0.1, 0.15) is 2.85 Å². The summed E-state index contributed by atoms with van der Waals surface area (Å²) >= 11 is 0. The minimum absolute atomic E-state index is 0. The summed E-state index contributed by atoms with van der Waals surface area (Å²) in [5.74, 6) is 0. The van der Waals surface area contributed by atoms with E-state index in [1.54, 1.807) is 0 Å². The number of nitrogens with two attached hydrogens (primary N) is 2. The molecule has 0 heterocycles. The van der Waals surface area contributed by atoms with Crippen LogP contribution in [0.25, 0.3) is 0 Å². The smallest absolute Gasteiger partial charge is 1.00 e. The first-order valence-corrected chi connectivity index (χ1v) is 0.781. The summed E-state index contributed by atoms with van der Waals surface area (Å²) in [6, 6.07) is -0.833. The van der Waals surface area contributed by atoms with Crippen LogP contribution >= 0.6 is 0 Å². The number of carbonyl (C=O) groups is 1. The first kappa shape index (κ1) is 23.2. The molecule has 6 heteroatoms. The van der Waals surface area contributed by atoms with Crippen LogP contribution in [0.4, 0.5) is 4.79 Å². The van der Waals surface area contributed by atoms with Gasteiger partial charge in [-0.25, -0.2) is 4.79 Å². The van der Waals surface area contributed by atoms with E-state index in [9.17, 15) is 0 Å². The van der Waals surface area contributed by atoms with Crippen LogP contribution in [-0.2, 0) is 0 Å². The van der Waals surface area contributed by atoms with Crippen molar-refractivity contribution in [2.24, 2.45) is 11.5 Å². The zero-order valence-electron chi connectivity index (χ0n) is 6.56. The standard InChI is InChI=1S/CH4N2O.K.Na.H2O.2H/c2-1(3)4;;;;;/h(H4,2,3,4);;;1H2;;/q;2*+1;;2*-1. The van der Waals surface area contributed by atoms with Gasteiger partial charge in [0.25, 0.3) is 0 Å². The monoisotopic (exact) mass is 142 g/mol. The molecule has 0 aromatic rings. The van der Waals surface area contributed by atoms with E-state index in [1.165, 1.54) is 0 Å². The fraction of sp³-hybridized carbons (Fsp3) is 0. The van der Waals surface area contributed by atoms with Crippen molar-refractivity contribution in [3.63, 3.8) is 0 Å². The molecule has 0 aliphatic rings. The summed E-state index contributed by atoms with van der Waals surface area (Å²) in [6.45, 7) is 0. The third-order valence-electron chi connectivity index (χ3n) is 0. The Hall–Kier alpha value is 1.87. The van der Waals surface area contributed by atoms with E-state index >= 15 is 0 Å². The molecule has 2 amide bonds. The molecule has 0 radical (unpaired) electrons. The first-order valence-electron chi connectivity index (χ1n) is 0.781. The van der Waals surface area contributed by atoms with Gasteiger partial charge < -0.3 is 19.8 Å². The Labute approximate surface area is 109 Å². The molecule has 0 atom stereocenters. The number of carbonyl (C=O) groups excluding carboxylic acids is 1. The quantitative estimate of drug-likeness (QED) is 0.322. The Morgan fingerprint density at radius 3 is 1.43 bits per heavy atom. The van der Waals surface area contributed by atoms with Crippen LogP contribution in [0, 0.1) is 0 Å². The Kier molecular flexibility index (Phi) is 51.8. The molecule has 0 aliphatic carbocycles. The number of rotatable bonds is 0. The summed E-state index contributed by atoms with van der Waals surface area (Å²) in [5.41, 5.74) is 8.50. The average molecular weight is 142 g/mol. The van der Waals surface area contributed by atoms with Gasteiger partial charge in [0.1, 0.15) is 0 Å². The summed E-state index contributed by atoms with van der Waals surface area (Å²) in [5, 5.41) is 0. The molecule has 0 rings (SSSR count). The maximum atomic E-state index is 9.00. The fourth-order valence-corrected chi connectivity index (χ4v) is 0. The van der Waals surface area contributed by atoms with Crippen molar-refractivity contribution in [3.05, 3.63) is 0 Å². The van der Waals surface area contributed by atoms with Gasteiger partial charge >= 0.3 is 87.0 Å². The second-order valence-corrected chi connectivity index (χ2v) is 0.402.